The fourth-order valence-corrected chi connectivity index (χ4v) is 5.50. The van der Waals surface area contributed by atoms with Crippen LogP contribution in [-0.2, 0) is 23.3 Å². The second kappa shape index (κ2) is 7.14. The third-order valence-corrected chi connectivity index (χ3v) is 7.04. The number of rotatable bonds is 6. The Labute approximate surface area is 146 Å². The van der Waals surface area contributed by atoms with Gasteiger partial charge in [0.15, 0.2) is 15.0 Å². The maximum Gasteiger partial charge on any atom is 0.190 e. The number of benzene rings is 1. The minimum atomic E-state index is -2.91. The lowest BCUT2D eigenvalue weighted by Gasteiger charge is -2.08. The van der Waals surface area contributed by atoms with Crippen LogP contribution in [0.15, 0.2) is 29.4 Å². The number of ether oxygens (including phenoxy) is 1. The molecule has 1 fully saturated rings. The van der Waals surface area contributed by atoms with E-state index in [9.17, 15) is 8.42 Å². The summed E-state index contributed by atoms with van der Waals surface area (Å²) in [5.41, 5.74) is 1.24. The van der Waals surface area contributed by atoms with Crippen molar-refractivity contribution in [2.75, 3.05) is 24.4 Å². The van der Waals surface area contributed by atoms with Gasteiger partial charge in [0.2, 0.25) is 0 Å². The highest BCUT2D eigenvalue weighted by atomic mass is 32.2. The van der Waals surface area contributed by atoms with E-state index in [0.717, 1.165) is 28.9 Å². The first-order chi connectivity index (χ1) is 11.5. The molecule has 0 N–H and O–H groups in total. The predicted octanol–water partition coefficient (Wildman–Crippen LogP) is 2.06. The molecular weight excluding hydrogens is 346 g/mol. The van der Waals surface area contributed by atoms with Gasteiger partial charge in [-0.25, -0.2) is 8.42 Å². The Balaban J connectivity index is 1.58. The van der Waals surface area contributed by atoms with Crippen molar-refractivity contribution < 1.29 is 13.2 Å². The van der Waals surface area contributed by atoms with Crippen molar-refractivity contribution >= 4 is 21.6 Å². The molecule has 1 unspecified atom stereocenters. The van der Waals surface area contributed by atoms with E-state index in [1.807, 2.05) is 23.7 Å². The van der Waals surface area contributed by atoms with Crippen molar-refractivity contribution in [3.63, 3.8) is 0 Å². The van der Waals surface area contributed by atoms with Gasteiger partial charge >= 0.3 is 0 Å². The highest BCUT2D eigenvalue weighted by Crippen LogP contribution is 2.29. The van der Waals surface area contributed by atoms with Crippen molar-refractivity contribution in [3.8, 4) is 5.75 Å². The average Bonchev–Trinajstić information content (AvgIpc) is 3.11. The zero-order chi connectivity index (χ0) is 17.2. The standard InChI is InChI=1S/C16H21N3O3S2/c1-19-15(13-8-10-24(20,21)11-13)17-18-16(19)23-9-7-12-3-5-14(22-2)6-4-12/h3-6,13H,7-11H2,1-2H3. The van der Waals surface area contributed by atoms with Gasteiger partial charge in [-0.2, -0.15) is 0 Å². The van der Waals surface area contributed by atoms with E-state index >= 15 is 0 Å². The molecule has 0 bridgehead atoms. The Morgan fingerprint density at radius 2 is 2.04 bits per heavy atom. The van der Waals surface area contributed by atoms with Gasteiger partial charge in [0.05, 0.1) is 18.6 Å². The normalized spacial score (nSPS) is 19.5. The van der Waals surface area contributed by atoms with Crippen LogP contribution in [0.5, 0.6) is 5.75 Å². The summed E-state index contributed by atoms with van der Waals surface area (Å²) >= 11 is 1.64. The number of aromatic nitrogens is 3. The van der Waals surface area contributed by atoms with Gasteiger partial charge in [-0.3, -0.25) is 0 Å². The Morgan fingerprint density at radius 1 is 1.29 bits per heavy atom. The van der Waals surface area contributed by atoms with Gasteiger partial charge in [0.1, 0.15) is 11.6 Å². The lowest BCUT2D eigenvalue weighted by Crippen LogP contribution is -2.09. The number of hydrogen-bond donors (Lipinski definition) is 0. The monoisotopic (exact) mass is 367 g/mol. The minimum Gasteiger partial charge on any atom is -0.497 e. The van der Waals surface area contributed by atoms with E-state index in [1.54, 1.807) is 18.9 Å². The molecule has 130 valence electrons. The first-order valence-electron chi connectivity index (χ1n) is 7.84. The molecule has 2 heterocycles. The fraction of sp³-hybridized carbons (Fsp3) is 0.500. The Kier molecular flexibility index (Phi) is 5.15. The van der Waals surface area contributed by atoms with Crippen molar-refractivity contribution in [3.05, 3.63) is 35.7 Å². The molecule has 0 amide bonds. The Hall–Kier alpha value is -1.54. The van der Waals surface area contributed by atoms with Crippen molar-refractivity contribution in [1.82, 2.24) is 14.8 Å². The predicted molar refractivity (Wildman–Crippen MR) is 94.4 cm³/mol. The average molecular weight is 367 g/mol. The van der Waals surface area contributed by atoms with Crippen LogP contribution in [0.25, 0.3) is 0 Å². The molecule has 6 nitrogen and oxygen atoms in total. The summed E-state index contributed by atoms with van der Waals surface area (Å²) in [6, 6.07) is 8.04. The number of aryl methyl sites for hydroxylation is 1. The number of thioether (sulfide) groups is 1. The quantitative estimate of drug-likeness (QED) is 0.728. The van der Waals surface area contributed by atoms with Gasteiger partial charge in [0.25, 0.3) is 0 Å². The van der Waals surface area contributed by atoms with Crippen LogP contribution >= 0.6 is 11.8 Å². The van der Waals surface area contributed by atoms with Crippen LogP contribution in [0.2, 0.25) is 0 Å². The SMILES string of the molecule is COc1ccc(CCSc2nnc(C3CCS(=O)(=O)C3)n2C)cc1. The van der Waals surface area contributed by atoms with Crippen LogP contribution in [0, 0.1) is 0 Å². The smallest absolute Gasteiger partial charge is 0.190 e. The second-order valence-corrected chi connectivity index (χ2v) is 9.24. The molecule has 1 atom stereocenters. The molecule has 24 heavy (non-hydrogen) atoms. The summed E-state index contributed by atoms with van der Waals surface area (Å²) in [6.45, 7) is 0. The zero-order valence-electron chi connectivity index (χ0n) is 13.8. The molecule has 8 heteroatoms. The number of nitrogens with zero attached hydrogens (tertiary/aromatic N) is 3. The van der Waals surface area contributed by atoms with Crippen molar-refractivity contribution in [2.24, 2.45) is 7.05 Å². The van der Waals surface area contributed by atoms with Gasteiger partial charge in [-0.05, 0) is 30.5 Å². The van der Waals surface area contributed by atoms with Crippen molar-refractivity contribution in [2.45, 2.75) is 23.9 Å². The largest absolute Gasteiger partial charge is 0.497 e. The third-order valence-electron chi connectivity index (χ3n) is 4.25. The summed E-state index contributed by atoms with van der Waals surface area (Å²) in [6.07, 6.45) is 1.57. The van der Waals surface area contributed by atoms with Gasteiger partial charge in [-0.15, -0.1) is 10.2 Å². The van der Waals surface area contributed by atoms with E-state index in [-0.39, 0.29) is 17.4 Å². The molecule has 0 spiro atoms. The molecule has 1 saturated heterocycles. The number of methoxy groups -OCH3 is 1. The summed E-state index contributed by atoms with van der Waals surface area (Å²) in [5, 5.41) is 9.29. The van der Waals surface area contributed by atoms with E-state index < -0.39 is 9.84 Å². The van der Waals surface area contributed by atoms with E-state index in [0.29, 0.717) is 6.42 Å². The highest BCUT2D eigenvalue weighted by molar-refractivity contribution is 7.99. The minimum absolute atomic E-state index is 0.0246. The first kappa shape index (κ1) is 17.3. The molecule has 1 aromatic heterocycles. The van der Waals surface area contributed by atoms with Crippen LogP contribution in [0.3, 0.4) is 0 Å². The Morgan fingerprint density at radius 3 is 2.67 bits per heavy atom. The molecule has 1 aliphatic rings. The van der Waals surface area contributed by atoms with Crippen LogP contribution in [0.1, 0.15) is 23.7 Å². The molecule has 2 aromatic rings. The van der Waals surface area contributed by atoms with Crippen LogP contribution in [0.4, 0.5) is 0 Å². The van der Waals surface area contributed by atoms with Gasteiger partial charge in [-0.1, -0.05) is 23.9 Å². The maximum atomic E-state index is 11.6. The summed E-state index contributed by atoms with van der Waals surface area (Å²) in [4.78, 5) is 0. The summed E-state index contributed by atoms with van der Waals surface area (Å²) in [5.74, 6) is 2.95. The van der Waals surface area contributed by atoms with Gasteiger partial charge < -0.3 is 9.30 Å². The second-order valence-electron chi connectivity index (χ2n) is 5.95. The molecule has 0 saturated carbocycles. The third kappa shape index (κ3) is 3.92. The fourth-order valence-electron chi connectivity index (χ4n) is 2.86. The molecular formula is C16H21N3O3S2. The zero-order valence-corrected chi connectivity index (χ0v) is 15.4. The topological polar surface area (TPSA) is 74.1 Å². The molecule has 0 aliphatic carbocycles. The highest BCUT2D eigenvalue weighted by Gasteiger charge is 2.32. The van der Waals surface area contributed by atoms with E-state index in [4.69, 9.17) is 4.74 Å². The van der Waals surface area contributed by atoms with Crippen LogP contribution < -0.4 is 4.74 Å². The summed E-state index contributed by atoms with van der Waals surface area (Å²) in [7, 11) is 0.663. The van der Waals surface area contributed by atoms with Crippen LogP contribution in [-0.4, -0.2) is 47.6 Å². The Bertz CT molecular complexity index is 800. The first-order valence-corrected chi connectivity index (χ1v) is 10.6. The molecule has 1 aliphatic heterocycles. The van der Waals surface area contributed by atoms with Crippen molar-refractivity contribution in [1.29, 1.82) is 0 Å². The molecule has 3 rings (SSSR count). The molecule has 0 radical (unpaired) electrons. The maximum absolute atomic E-state index is 11.6. The summed E-state index contributed by atoms with van der Waals surface area (Å²) < 4.78 is 30.4. The van der Waals surface area contributed by atoms with E-state index in [2.05, 4.69) is 22.3 Å². The number of sulfone groups is 1. The van der Waals surface area contributed by atoms with Gasteiger partial charge in [0, 0.05) is 18.7 Å². The lowest BCUT2D eigenvalue weighted by atomic mass is 10.1. The van der Waals surface area contributed by atoms with E-state index in [1.165, 1.54) is 5.56 Å². The number of hydrogen-bond acceptors (Lipinski definition) is 6. The molecule has 1 aromatic carbocycles. The lowest BCUT2D eigenvalue weighted by molar-refractivity contribution is 0.414.